The number of hydrogen-bond acceptors (Lipinski definition) is 3. The molecule has 0 aliphatic rings. The van der Waals surface area contributed by atoms with Gasteiger partial charge < -0.3 is 15.0 Å². The van der Waals surface area contributed by atoms with Crippen LogP contribution in [0.1, 0.15) is 20.3 Å². The molecule has 0 amide bonds. The number of halogens is 3. The van der Waals surface area contributed by atoms with Crippen molar-refractivity contribution in [2.75, 3.05) is 39.4 Å². The van der Waals surface area contributed by atoms with Gasteiger partial charge in [-0.1, -0.05) is 24.8 Å². The van der Waals surface area contributed by atoms with E-state index in [1.165, 1.54) is 0 Å². The van der Waals surface area contributed by atoms with Crippen LogP contribution < -0.4 is 5.32 Å². The molecule has 0 heterocycles. The van der Waals surface area contributed by atoms with E-state index in [9.17, 15) is 13.2 Å². The first-order chi connectivity index (χ1) is 10.4. The van der Waals surface area contributed by atoms with E-state index in [2.05, 4.69) is 16.8 Å². The number of hydrogen-bond donors (Lipinski definition) is 1. The summed E-state index contributed by atoms with van der Waals surface area (Å²) in [7, 11) is 0. The van der Waals surface area contributed by atoms with Crippen LogP contribution in [0.2, 0.25) is 0 Å². The van der Waals surface area contributed by atoms with Gasteiger partial charge in [-0.05, 0) is 26.3 Å². The summed E-state index contributed by atoms with van der Waals surface area (Å²) >= 11 is 0. The summed E-state index contributed by atoms with van der Waals surface area (Å²) in [5.74, 6) is 0. The van der Waals surface area contributed by atoms with Gasteiger partial charge in [-0.3, -0.25) is 0 Å². The summed E-state index contributed by atoms with van der Waals surface area (Å²) in [6, 6.07) is 0. The van der Waals surface area contributed by atoms with Gasteiger partial charge in [0.1, 0.15) is 0 Å². The van der Waals surface area contributed by atoms with E-state index >= 15 is 0 Å². The topological polar surface area (TPSA) is 24.5 Å². The highest BCUT2D eigenvalue weighted by Gasteiger charge is 2.25. The lowest BCUT2D eigenvalue weighted by atomic mass is 10.3. The van der Waals surface area contributed by atoms with E-state index in [0.29, 0.717) is 13.2 Å². The van der Waals surface area contributed by atoms with Crippen molar-refractivity contribution >= 4 is 0 Å². The van der Waals surface area contributed by atoms with Crippen LogP contribution in [-0.2, 0) is 4.74 Å². The minimum absolute atomic E-state index is 0.222. The maximum absolute atomic E-state index is 11.9. The molecule has 3 nitrogen and oxygen atoms in total. The molecule has 0 rings (SSSR count). The molecular formula is C16H27F3N2O. The first kappa shape index (κ1) is 20.7. The van der Waals surface area contributed by atoms with Gasteiger partial charge in [0.15, 0.2) is 0 Å². The van der Waals surface area contributed by atoms with E-state index in [-0.39, 0.29) is 6.54 Å². The Morgan fingerprint density at radius 3 is 2.59 bits per heavy atom. The van der Waals surface area contributed by atoms with Crippen LogP contribution in [0.3, 0.4) is 0 Å². The second-order valence-corrected chi connectivity index (χ2v) is 4.73. The molecule has 0 bridgehead atoms. The van der Waals surface area contributed by atoms with E-state index < -0.39 is 12.7 Å². The van der Waals surface area contributed by atoms with Gasteiger partial charge in [0.2, 0.25) is 0 Å². The normalized spacial score (nSPS) is 12.9. The monoisotopic (exact) mass is 320 g/mol. The summed E-state index contributed by atoms with van der Waals surface area (Å²) in [4.78, 5) is 2.17. The summed E-state index contributed by atoms with van der Waals surface area (Å²) < 4.78 is 41.1. The molecule has 0 aromatic heterocycles. The number of allylic oxidation sites excluding steroid dienone is 3. The van der Waals surface area contributed by atoms with E-state index in [4.69, 9.17) is 4.74 Å². The van der Waals surface area contributed by atoms with Crippen molar-refractivity contribution in [2.45, 2.75) is 26.4 Å². The molecule has 0 aliphatic heterocycles. The summed E-state index contributed by atoms with van der Waals surface area (Å²) in [6.45, 7) is 9.80. The van der Waals surface area contributed by atoms with Crippen LogP contribution in [0, 0.1) is 0 Å². The Bertz CT molecular complexity index is 352. The minimum Gasteiger partial charge on any atom is -0.380 e. The Labute approximate surface area is 131 Å². The molecule has 0 spiro atoms. The van der Waals surface area contributed by atoms with Gasteiger partial charge in [-0.15, -0.1) is 0 Å². The van der Waals surface area contributed by atoms with Crippen molar-refractivity contribution in [1.29, 1.82) is 0 Å². The summed E-state index contributed by atoms with van der Waals surface area (Å²) in [5, 5.41) is 2.33. The van der Waals surface area contributed by atoms with Crippen LogP contribution in [0.5, 0.6) is 0 Å². The number of nitrogens with one attached hydrogen (secondary N) is 1. The third-order valence-electron chi connectivity index (χ3n) is 2.89. The predicted molar refractivity (Wildman–Crippen MR) is 84.7 cm³/mol. The highest BCUT2D eigenvalue weighted by molar-refractivity contribution is 5.07. The first-order valence-electron chi connectivity index (χ1n) is 7.45. The Balaban J connectivity index is 4.06. The lowest BCUT2D eigenvalue weighted by Gasteiger charge is -2.24. The molecule has 0 aromatic rings. The van der Waals surface area contributed by atoms with Gasteiger partial charge in [-0.25, -0.2) is 0 Å². The average molecular weight is 320 g/mol. The Kier molecular flexibility index (Phi) is 11.6. The smallest absolute Gasteiger partial charge is 0.380 e. The maximum Gasteiger partial charge on any atom is 0.401 e. The van der Waals surface area contributed by atoms with Crippen molar-refractivity contribution in [3.05, 3.63) is 36.6 Å². The van der Waals surface area contributed by atoms with Crippen molar-refractivity contribution in [3.8, 4) is 0 Å². The fourth-order valence-corrected chi connectivity index (χ4v) is 1.79. The second-order valence-electron chi connectivity index (χ2n) is 4.73. The average Bonchev–Trinajstić information content (AvgIpc) is 2.43. The zero-order chi connectivity index (χ0) is 16.8. The number of nitrogens with zero attached hydrogens (tertiary/aromatic N) is 1. The zero-order valence-corrected chi connectivity index (χ0v) is 13.5. The van der Waals surface area contributed by atoms with Gasteiger partial charge >= 0.3 is 6.18 Å². The van der Waals surface area contributed by atoms with Crippen LogP contribution in [-0.4, -0.2) is 50.5 Å². The molecule has 0 fully saturated rings. The third-order valence-corrected chi connectivity index (χ3v) is 2.89. The molecule has 22 heavy (non-hydrogen) atoms. The minimum atomic E-state index is -4.16. The number of alkyl halides is 3. The fourth-order valence-electron chi connectivity index (χ4n) is 1.79. The molecule has 1 N–H and O–H groups in total. The number of rotatable bonds is 12. The van der Waals surface area contributed by atoms with Crippen LogP contribution >= 0.6 is 0 Å². The SMILES string of the molecule is C=C/C=C(\C)N(CC/C=C\CNCC(F)(F)F)CCOCC. The number of ether oxygens (including phenoxy) is 1. The van der Waals surface area contributed by atoms with Crippen molar-refractivity contribution in [1.82, 2.24) is 10.2 Å². The molecule has 0 aliphatic carbocycles. The molecule has 0 unspecified atom stereocenters. The quantitative estimate of drug-likeness (QED) is 0.338. The van der Waals surface area contributed by atoms with Crippen LogP contribution in [0.15, 0.2) is 36.6 Å². The Hall–Kier alpha value is -1.27. The summed E-state index contributed by atoms with van der Waals surface area (Å²) in [6.07, 6.45) is 3.89. The Morgan fingerprint density at radius 1 is 1.27 bits per heavy atom. The van der Waals surface area contributed by atoms with Crippen LogP contribution in [0.25, 0.3) is 0 Å². The molecule has 128 valence electrons. The van der Waals surface area contributed by atoms with E-state index in [0.717, 1.165) is 25.2 Å². The fraction of sp³-hybridized carbons (Fsp3) is 0.625. The first-order valence-corrected chi connectivity index (χ1v) is 7.45. The van der Waals surface area contributed by atoms with E-state index in [1.54, 1.807) is 12.2 Å². The van der Waals surface area contributed by atoms with Crippen molar-refractivity contribution in [3.63, 3.8) is 0 Å². The lowest BCUT2D eigenvalue weighted by molar-refractivity contribution is -0.124. The largest absolute Gasteiger partial charge is 0.401 e. The second kappa shape index (κ2) is 12.3. The molecule has 6 heteroatoms. The van der Waals surface area contributed by atoms with Gasteiger partial charge in [0, 0.05) is 31.9 Å². The standard InChI is InChI=1S/C16H27F3N2O/c1-4-9-15(3)21(12-13-22-5-2)11-8-6-7-10-20-14-16(17,18)19/h4,6-7,9,20H,1,5,8,10-14H2,2-3H3/b7-6-,15-9+. The zero-order valence-electron chi connectivity index (χ0n) is 13.5. The molecular weight excluding hydrogens is 293 g/mol. The van der Waals surface area contributed by atoms with Gasteiger partial charge in [0.05, 0.1) is 13.2 Å². The molecule has 0 saturated heterocycles. The van der Waals surface area contributed by atoms with Gasteiger partial charge in [0.25, 0.3) is 0 Å². The molecule has 0 atom stereocenters. The molecule has 0 radical (unpaired) electrons. The highest BCUT2D eigenvalue weighted by Crippen LogP contribution is 2.11. The van der Waals surface area contributed by atoms with Gasteiger partial charge in [-0.2, -0.15) is 13.2 Å². The van der Waals surface area contributed by atoms with Crippen molar-refractivity contribution < 1.29 is 17.9 Å². The Morgan fingerprint density at radius 2 is 2.00 bits per heavy atom. The summed E-state index contributed by atoms with van der Waals surface area (Å²) in [5.41, 5.74) is 1.10. The van der Waals surface area contributed by atoms with E-state index in [1.807, 2.05) is 26.0 Å². The van der Waals surface area contributed by atoms with Crippen LogP contribution in [0.4, 0.5) is 13.2 Å². The lowest BCUT2D eigenvalue weighted by Crippen LogP contribution is -2.28. The third kappa shape index (κ3) is 12.5. The maximum atomic E-state index is 11.9. The van der Waals surface area contributed by atoms with Crippen molar-refractivity contribution in [2.24, 2.45) is 0 Å². The molecule has 0 saturated carbocycles. The molecule has 0 aromatic carbocycles. The predicted octanol–water partition coefficient (Wildman–Crippen LogP) is 3.51. The highest BCUT2D eigenvalue weighted by atomic mass is 19.4.